The molecule has 9 heavy (non-hydrogen) atoms. The Kier molecular flexibility index (Phi) is 8.15. The van der Waals surface area contributed by atoms with E-state index in [1.165, 1.54) is 11.1 Å². The molecular formula is C8H13Li. The second kappa shape index (κ2) is 6.20. The van der Waals surface area contributed by atoms with Gasteiger partial charge in [-0.05, 0) is 0 Å². The molecule has 0 atom stereocenters. The van der Waals surface area contributed by atoms with Crippen LogP contribution in [0.25, 0.3) is 0 Å². The van der Waals surface area contributed by atoms with Gasteiger partial charge in [-0.25, -0.2) is 11.1 Å². The van der Waals surface area contributed by atoms with E-state index in [1.807, 2.05) is 13.8 Å². The van der Waals surface area contributed by atoms with E-state index in [-0.39, 0.29) is 18.9 Å². The van der Waals surface area contributed by atoms with E-state index in [4.69, 9.17) is 0 Å². The van der Waals surface area contributed by atoms with Gasteiger partial charge in [-0.3, -0.25) is 6.08 Å². The third kappa shape index (κ3) is 4.57. The van der Waals surface area contributed by atoms with E-state index in [9.17, 15) is 0 Å². The molecular weight excluding hydrogens is 103 g/mol. The van der Waals surface area contributed by atoms with Crippen LogP contribution in [0.2, 0.25) is 0 Å². The maximum atomic E-state index is 3.06. The summed E-state index contributed by atoms with van der Waals surface area (Å²) in [6, 6.07) is 0. The third-order valence-corrected chi connectivity index (χ3v) is 1.40. The van der Waals surface area contributed by atoms with Gasteiger partial charge in [0.05, 0.1) is 0 Å². The number of allylic oxidation sites excluding steroid dienone is 4. The van der Waals surface area contributed by atoms with E-state index in [1.54, 1.807) is 0 Å². The summed E-state index contributed by atoms with van der Waals surface area (Å²) in [4.78, 5) is 0. The van der Waals surface area contributed by atoms with Crippen LogP contribution in [0.4, 0.5) is 0 Å². The van der Waals surface area contributed by atoms with Gasteiger partial charge in [-0.2, -0.15) is 6.08 Å². The minimum absolute atomic E-state index is 0. The van der Waals surface area contributed by atoms with Crippen molar-refractivity contribution in [1.82, 2.24) is 0 Å². The van der Waals surface area contributed by atoms with E-state index >= 15 is 0 Å². The van der Waals surface area contributed by atoms with Crippen molar-refractivity contribution in [2.75, 3.05) is 0 Å². The van der Waals surface area contributed by atoms with Crippen LogP contribution >= 0.6 is 0 Å². The van der Waals surface area contributed by atoms with Gasteiger partial charge in [0.15, 0.2) is 0 Å². The Morgan fingerprint density at radius 3 is 1.89 bits per heavy atom. The molecule has 0 fully saturated rings. The molecule has 0 aliphatic rings. The van der Waals surface area contributed by atoms with Crippen LogP contribution in [0.3, 0.4) is 0 Å². The fourth-order valence-corrected chi connectivity index (χ4v) is 0.414. The van der Waals surface area contributed by atoms with Crippen LogP contribution in [0.5, 0.6) is 0 Å². The zero-order valence-corrected chi connectivity index (χ0v) is 7.08. The molecule has 0 saturated heterocycles. The second-order valence-electron chi connectivity index (χ2n) is 1.85. The molecule has 0 aliphatic carbocycles. The molecule has 0 amide bonds. The van der Waals surface area contributed by atoms with Crippen LogP contribution in [0, 0.1) is 6.08 Å². The molecule has 0 rings (SSSR count). The topological polar surface area (TPSA) is 0 Å². The first kappa shape index (κ1) is 11.8. The standard InChI is InChI=1S/C8H13.Li/c1-5-7(3)8(4)6-2;/h5H,1-4H3;/q-1;+1/b7-5+;. The zero-order chi connectivity index (χ0) is 6.57. The molecule has 0 nitrogen and oxygen atoms in total. The smallest absolute Gasteiger partial charge is 0.275 e. The largest absolute Gasteiger partial charge is 1.00 e. The van der Waals surface area contributed by atoms with Gasteiger partial charge in [0, 0.05) is 0 Å². The second-order valence-corrected chi connectivity index (χ2v) is 1.85. The van der Waals surface area contributed by atoms with E-state index < -0.39 is 0 Å². The minimum atomic E-state index is 0. The summed E-state index contributed by atoms with van der Waals surface area (Å²) in [5.74, 6) is 0. The van der Waals surface area contributed by atoms with Crippen LogP contribution in [0.15, 0.2) is 17.2 Å². The Morgan fingerprint density at radius 1 is 1.33 bits per heavy atom. The summed E-state index contributed by atoms with van der Waals surface area (Å²) in [6.07, 6.45) is 5.15. The fourth-order valence-electron chi connectivity index (χ4n) is 0.414. The first-order valence-corrected chi connectivity index (χ1v) is 2.87. The molecule has 1 heteroatoms. The minimum Gasteiger partial charge on any atom is -0.275 e. The quantitative estimate of drug-likeness (QED) is 0.251. The van der Waals surface area contributed by atoms with Crippen molar-refractivity contribution in [2.45, 2.75) is 27.7 Å². The Balaban J connectivity index is 0. The van der Waals surface area contributed by atoms with E-state index in [0.717, 1.165) is 0 Å². The van der Waals surface area contributed by atoms with Crippen LogP contribution in [-0.2, 0) is 0 Å². The number of rotatable bonds is 1. The molecule has 0 spiro atoms. The first-order valence-electron chi connectivity index (χ1n) is 2.87. The molecule has 0 N–H and O–H groups in total. The molecule has 0 radical (unpaired) electrons. The van der Waals surface area contributed by atoms with Crippen molar-refractivity contribution in [3.05, 3.63) is 23.3 Å². The summed E-state index contributed by atoms with van der Waals surface area (Å²) in [7, 11) is 0. The molecule has 0 aliphatic heterocycles. The van der Waals surface area contributed by atoms with Crippen LogP contribution in [0.1, 0.15) is 27.7 Å². The van der Waals surface area contributed by atoms with Crippen molar-refractivity contribution >= 4 is 0 Å². The maximum absolute atomic E-state index is 3.06. The van der Waals surface area contributed by atoms with Gasteiger partial charge in [0.1, 0.15) is 0 Å². The predicted molar refractivity (Wildman–Crippen MR) is 37.5 cm³/mol. The van der Waals surface area contributed by atoms with Gasteiger partial charge >= 0.3 is 18.9 Å². The molecule has 0 bridgehead atoms. The number of hydrogen-bond acceptors (Lipinski definition) is 0. The van der Waals surface area contributed by atoms with Crippen molar-refractivity contribution in [3.8, 4) is 0 Å². The van der Waals surface area contributed by atoms with E-state index in [2.05, 4.69) is 26.0 Å². The Bertz CT molecular complexity index is 105. The Labute approximate surface area is 70.2 Å². The van der Waals surface area contributed by atoms with Crippen LogP contribution < -0.4 is 18.9 Å². The SMILES string of the molecule is C[C-]=C(C)/C(C)=C/C.[Li+]. The monoisotopic (exact) mass is 116 g/mol. The summed E-state index contributed by atoms with van der Waals surface area (Å²) in [6.45, 7) is 8.12. The van der Waals surface area contributed by atoms with Crippen molar-refractivity contribution in [1.29, 1.82) is 0 Å². The molecule has 0 aromatic rings. The summed E-state index contributed by atoms with van der Waals surface area (Å²) < 4.78 is 0. The molecule has 46 valence electrons. The third-order valence-electron chi connectivity index (χ3n) is 1.40. The van der Waals surface area contributed by atoms with Crippen molar-refractivity contribution < 1.29 is 18.9 Å². The molecule has 0 aromatic carbocycles. The first-order chi connectivity index (χ1) is 3.72. The van der Waals surface area contributed by atoms with E-state index in [0.29, 0.717) is 0 Å². The maximum Gasteiger partial charge on any atom is 1.00 e. The van der Waals surface area contributed by atoms with Crippen LogP contribution in [-0.4, -0.2) is 0 Å². The van der Waals surface area contributed by atoms with Crippen molar-refractivity contribution in [2.24, 2.45) is 0 Å². The molecule has 0 heterocycles. The number of hydrogen-bond donors (Lipinski definition) is 0. The van der Waals surface area contributed by atoms with Gasteiger partial charge in [-0.15, -0.1) is 13.8 Å². The Hall–Kier alpha value is 0.0774. The predicted octanol–water partition coefficient (Wildman–Crippen LogP) is -0.274. The normalized spacial score (nSPS) is 12.9. The molecule has 0 unspecified atom stereocenters. The Morgan fingerprint density at radius 2 is 1.78 bits per heavy atom. The summed E-state index contributed by atoms with van der Waals surface area (Å²) in [5.41, 5.74) is 2.56. The molecule has 0 saturated carbocycles. The summed E-state index contributed by atoms with van der Waals surface area (Å²) >= 11 is 0. The van der Waals surface area contributed by atoms with Gasteiger partial charge < -0.3 is 0 Å². The van der Waals surface area contributed by atoms with Gasteiger partial charge in [-0.1, -0.05) is 13.8 Å². The molecule has 0 aromatic heterocycles. The van der Waals surface area contributed by atoms with Gasteiger partial charge in [0.2, 0.25) is 0 Å². The summed E-state index contributed by atoms with van der Waals surface area (Å²) in [5, 5.41) is 0. The average Bonchev–Trinajstić information content (AvgIpc) is 1.84. The van der Waals surface area contributed by atoms with Crippen molar-refractivity contribution in [3.63, 3.8) is 0 Å². The fraction of sp³-hybridized carbons (Fsp3) is 0.500. The van der Waals surface area contributed by atoms with Gasteiger partial charge in [0.25, 0.3) is 0 Å². The average molecular weight is 116 g/mol. The zero-order valence-electron chi connectivity index (χ0n) is 7.08.